The SMILES string of the molecule is CN1C(=O)C(C)(C)COc2ccc(NS(=O)(=O)c3cc(Cl)ccc3Cl)cc21. The highest BCUT2D eigenvalue weighted by Crippen LogP contribution is 2.38. The lowest BCUT2D eigenvalue weighted by Gasteiger charge is -2.24. The standard InChI is InChI=1S/C18H18Cl2N2O4S/c1-18(2)10-26-15-7-5-12(9-14(15)22(3)17(18)23)21-27(24,25)16-8-11(19)4-6-13(16)20/h4-9,21H,10H2,1-3H3. The van der Waals surface area contributed by atoms with E-state index >= 15 is 0 Å². The number of carbonyl (C=O) groups is 1. The molecule has 2 aromatic carbocycles. The van der Waals surface area contributed by atoms with E-state index in [1.165, 1.54) is 23.1 Å². The molecule has 1 amide bonds. The number of nitrogens with zero attached hydrogens (tertiary/aromatic N) is 1. The summed E-state index contributed by atoms with van der Waals surface area (Å²) in [6.07, 6.45) is 0. The van der Waals surface area contributed by atoms with Gasteiger partial charge in [0.1, 0.15) is 17.3 Å². The summed E-state index contributed by atoms with van der Waals surface area (Å²) in [5.41, 5.74) is 0.0533. The molecule has 0 atom stereocenters. The Morgan fingerprint density at radius 1 is 1.15 bits per heavy atom. The summed E-state index contributed by atoms with van der Waals surface area (Å²) in [6, 6.07) is 8.92. The first-order valence-corrected chi connectivity index (χ1v) is 10.3. The summed E-state index contributed by atoms with van der Waals surface area (Å²) in [6.45, 7) is 3.82. The number of ether oxygens (including phenoxy) is 1. The second-order valence-corrected chi connectivity index (χ2v) is 9.39. The molecule has 0 aliphatic carbocycles. The summed E-state index contributed by atoms with van der Waals surface area (Å²) < 4.78 is 33.6. The predicted molar refractivity (Wildman–Crippen MR) is 106 cm³/mol. The monoisotopic (exact) mass is 428 g/mol. The fourth-order valence-electron chi connectivity index (χ4n) is 2.74. The third kappa shape index (κ3) is 3.85. The molecule has 0 spiro atoms. The highest BCUT2D eigenvalue weighted by atomic mass is 35.5. The number of benzene rings is 2. The predicted octanol–water partition coefficient (Wildman–Crippen LogP) is 4.18. The molecule has 6 nitrogen and oxygen atoms in total. The van der Waals surface area contributed by atoms with Crippen molar-refractivity contribution in [1.29, 1.82) is 0 Å². The number of rotatable bonds is 3. The number of amides is 1. The third-order valence-corrected chi connectivity index (χ3v) is 6.33. The lowest BCUT2D eigenvalue weighted by atomic mass is 9.93. The van der Waals surface area contributed by atoms with E-state index < -0.39 is 15.4 Å². The molecule has 0 saturated heterocycles. The van der Waals surface area contributed by atoms with Crippen molar-refractivity contribution in [2.24, 2.45) is 5.41 Å². The number of anilines is 2. The lowest BCUT2D eigenvalue weighted by molar-refractivity contribution is -0.127. The van der Waals surface area contributed by atoms with Crippen molar-refractivity contribution in [2.75, 3.05) is 23.3 Å². The molecule has 1 aliphatic rings. The van der Waals surface area contributed by atoms with Crippen LogP contribution >= 0.6 is 23.2 Å². The van der Waals surface area contributed by atoms with Crippen molar-refractivity contribution in [2.45, 2.75) is 18.7 Å². The van der Waals surface area contributed by atoms with E-state index in [0.29, 0.717) is 11.4 Å². The Balaban J connectivity index is 1.98. The van der Waals surface area contributed by atoms with Crippen molar-refractivity contribution < 1.29 is 17.9 Å². The van der Waals surface area contributed by atoms with Gasteiger partial charge in [0, 0.05) is 12.1 Å². The Labute approximate surface area is 168 Å². The summed E-state index contributed by atoms with van der Waals surface area (Å²) in [7, 11) is -2.34. The van der Waals surface area contributed by atoms with Gasteiger partial charge in [0.2, 0.25) is 5.91 Å². The van der Waals surface area contributed by atoms with E-state index in [1.807, 2.05) is 0 Å². The van der Waals surface area contributed by atoms with Crippen LogP contribution in [0.2, 0.25) is 10.0 Å². The van der Waals surface area contributed by atoms with Crippen LogP contribution in [0.5, 0.6) is 5.75 Å². The number of halogens is 2. The highest BCUT2D eigenvalue weighted by molar-refractivity contribution is 7.92. The molecular weight excluding hydrogens is 411 g/mol. The van der Waals surface area contributed by atoms with E-state index in [1.54, 1.807) is 39.1 Å². The van der Waals surface area contributed by atoms with Gasteiger partial charge in [0.15, 0.2) is 0 Å². The van der Waals surface area contributed by atoms with Crippen molar-refractivity contribution in [3.05, 3.63) is 46.4 Å². The molecule has 0 radical (unpaired) electrons. The molecule has 1 N–H and O–H groups in total. The highest BCUT2D eigenvalue weighted by Gasteiger charge is 2.36. The lowest BCUT2D eigenvalue weighted by Crippen LogP contribution is -2.39. The van der Waals surface area contributed by atoms with Gasteiger partial charge in [-0.2, -0.15) is 0 Å². The molecule has 0 saturated carbocycles. The Hall–Kier alpha value is -1.96. The normalized spacial score (nSPS) is 16.3. The molecule has 2 aromatic rings. The Morgan fingerprint density at radius 2 is 1.85 bits per heavy atom. The minimum atomic E-state index is -3.97. The van der Waals surface area contributed by atoms with Crippen LogP contribution in [-0.4, -0.2) is 28.0 Å². The van der Waals surface area contributed by atoms with Crippen molar-refractivity contribution >= 4 is 50.5 Å². The zero-order chi connectivity index (χ0) is 20.0. The second kappa shape index (κ2) is 6.89. The van der Waals surface area contributed by atoms with Gasteiger partial charge in [0.05, 0.1) is 21.8 Å². The molecule has 27 heavy (non-hydrogen) atoms. The number of hydrogen-bond donors (Lipinski definition) is 1. The van der Waals surface area contributed by atoms with E-state index in [2.05, 4.69) is 4.72 Å². The smallest absolute Gasteiger partial charge is 0.263 e. The van der Waals surface area contributed by atoms with Crippen molar-refractivity contribution in [3.8, 4) is 5.75 Å². The Morgan fingerprint density at radius 3 is 2.56 bits per heavy atom. The van der Waals surface area contributed by atoms with Gasteiger partial charge in [-0.3, -0.25) is 9.52 Å². The number of sulfonamides is 1. The maximum absolute atomic E-state index is 12.7. The topological polar surface area (TPSA) is 75.7 Å². The van der Waals surface area contributed by atoms with Crippen LogP contribution in [0.4, 0.5) is 11.4 Å². The van der Waals surface area contributed by atoms with E-state index in [-0.39, 0.29) is 33.1 Å². The Bertz CT molecular complexity index is 1020. The first-order chi connectivity index (χ1) is 12.5. The first kappa shape index (κ1) is 19.8. The molecule has 3 rings (SSSR count). The van der Waals surface area contributed by atoms with Crippen LogP contribution in [0.3, 0.4) is 0 Å². The second-order valence-electron chi connectivity index (χ2n) is 6.90. The van der Waals surface area contributed by atoms with Gasteiger partial charge < -0.3 is 9.64 Å². The number of hydrogen-bond acceptors (Lipinski definition) is 4. The van der Waals surface area contributed by atoms with E-state index in [9.17, 15) is 13.2 Å². The number of fused-ring (bicyclic) bond motifs is 1. The molecule has 0 aromatic heterocycles. The molecule has 1 aliphatic heterocycles. The number of carbonyl (C=O) groups excluding carboxylic acids is 1. The van der Waals surface area contributed by atoms with Crippen LogP contribution in [0.1, 0.15) is 13.8 Å². The van der Waals surface area contributed by atoms with E-state index in [0.717, 1.165) is 0 Å². The minimum Gasteiger partial charge on any atom is -0.490 e. The Kier molecular flexibility index (Phi) is 5.05. The average molecular weight is 429 g/mol. The van der Waals surface area contributed by atoms with Crippen LogP contribution in [-0.2, 0) is 14.8 Å². The van der Waals surface area contributed by atoms with Crippen molar-refractivity contribution in [1.82, 2.24) is 0 Å². The fourth-order valence-corrected chi connectivity index (χ4v) is 4.55. The largest absolute Gasteiger partial charge is 0.490 e. The molecule has 144 valence electrons. The minimum absolute atomic E-state index is 0.0547. The van der Waals surface area contributed by atoms with Gasteiger partial charge in [-0.05, 0) is 50.2 Å². The summed E-state index contributed by atoms with van der Waals surface area (Å²) >= 11 is 11.9. The van der Waals surface area contributed by atoms with Crippen LogP contribution in [0.25, 0.3) is 0 Å². The molecular formula is C18H18Cl2N2O4S. The number of nitrogens with one attached hydrogen (secondary N) is 1. The zero-order valence-corrected chi connectivity index (χ0v) is 17.2. The van der Waals surface area contributed by atoms with Crippen LogP contribution in [0, 0.1) is 5.41 Å². The van der Waals surface area contributed by atoms with Gasteiger partial charge in [0.25, 0.3) is 10.0 Å². The maximum Gasteiger partial charge on any atom is 0.263 e. The van der Waals surface area contributed by atoms with Gasteiger partial charge in [-0.15, -0.1) is 0 Å². The fraction of sp³-hybridized carbons (Fsp3) is 0.278. The van der Waals surface area contributed by atoms with Gasteiger partial charge in [-0.1, -0.05) is 23.2 Å². The van der Waals surface area contributed by atoms with Crippen molar-refractivity contribution in [3.63, 3.8) is 0 Å². The maximum atomic E-state index is 12.7. The van der Waals surface area contributed by atoms with E-state index in [4.69, 9.17) is 27.9 Å². The molecule has 9 heteroatoms. The zero-order valence-electron chi connectivity index (χ0n) is 14.9. The van der Waals surface area contributed by atoms with Crippen LogP contribution < -0.4 is 14.4 Å². The van der Waals surface area contributed by atoms with Gasteiger partial charge in [-0.25, -0.2) is 8.42 Å². The summed E-state index contributed by atoms with van der Waals surface area (Å²) in [5.74, 6) is 0.374. The molecule has 0 fully saturated rings. The molecule has 0 bridgehead atoms. The molecule has 0 unspecified atom stereocenters. The van der Waals surface area contributed by atoms with Crippen LogP contribution in [0.15, 0.2) is 41.3 Å². The summed E-state index contributed by atoms with van der Waals surface area (Å²) in [4.78, 5) is 13.9. The van der Waals surface area contributed by atoms with Gasteiger partial charge >= 0.3 is 0 Å². The quantitative estimate of drug-likeness (QED) is 0.795. The molecule has 1 heterocycles. The summed E-state index contributed by atoms with van der Waals surface area (Å²) in [5, 5.41) is 0.307. The average Bonchev–Trinajstić information content (AvgIpc) is 2.68. The third-order valence-electron chi connectivity index (χ3n) is 4.23. The first-order valence-electron chi connectivity index (χ1n) is 8.04.